The highest BCUT2D eigenvalue weighted by atomic mass is 16.1. The molecule has 1 aromatic rings. The lowest BCUT2D eigenvalue weighted by Gasteiger charge is -2.17. The Hall–Kier alpha value is -1.84. The van der Waals surface area contributed by atoms with Crippen LogP contribution in [0.5, 0.6) is 0 Å². The molecule has 0 saturated heterocycles. The number of benzene rings is 1. The van der Waals surface area contributed by atoms with Crippen molar-refractivity contribution in [2.75, 3.05) is 19.0 Å². The number of nitrogens with zero attached hydrogens (tertiary/aromatic N) is 1. The van der Waals surface area contributed by atoms with Gasteiger partial charge in [-0.1, -0.05) is 6.07 Å². The topological polar surface area (TPSA) is 63.4 Å². The predicted octanol–water partition coefficient (Wildman–Crippen LogP) is 0.983. The van der Waals surface area contributed by atoms with Crippen LogP contribution in [0.3, 0.4) is 0 Å². The van der Waals surface area contributed by atoms with Crippen LogP contribution in [-0.2, 0) is 11.2 Å². The summed E-state index contributed by atoms with van der Waals surface area (Å²) >= 11 is 0. The molecule has 0 atom stereocenters. The van der Waals surface area contributed by atoms with Crippen molar-refractivity contribution in [3.63, 3.8) is 0 Å². The molecule has 0 aliphatic rings. The van der Waals surface area contributed by atoms with E-state index in [1.54, 1.807) is 6.07 Å². The van der Waals surface area contributed by atoms with E-state index in [9.17, 15) is 9.59 Å². The fraction of sp³-hybridized carbons (Fsp3) is 0.333. The fourth-order valence-electron chi connectivity index (χ4n) is 1.54. The molecule has 0 radical (unpaired) electrons. The zero-order chi connectivity index (χ0) is 12.1. The van der Waals surface area contributed by atoms with E-state index in [0.29, 0.717) is 18.4 Å². The van der Waals surface area contributed by atoms with E-state index in [2.05, 4.69) is 0 Å². The number of carbonyl (C=O) groups excluding carboxylic acids is 2. The second kappa shape index (κ2) is 5.30. The molecule has 1 rings (SSSR count). The molecule has 4 heteroatoms. The molecule has 4 nitrogen and oxygen atoms in total. The number of amides is 1. The van der Waals surface area contributed by atoms with Gasteiger partial charge in [0, 0.05) is 26.2 Å². The Morgan fingerprint density at radius 1 is 1.44 bits per heavy atom. The van der Waals surface area contributed by atoms with Crippen LogP contribution in [0, 0.1) is 0 Å². The van der Waals surface area contributed by atoms with Gasteiger partial charge in [-0.2, -0.15) is 0 Å². The Balaban J connectivity index is 3.07. The van der Waals surface area contributed by atoms with Gasteiger partial charge in [0.1, 0.15) is 6.29 Å². The molecule has 1 aromatic carbocycles. The predicted molar refractivity (Wildman–Crippen MR) is 63.7 cm³/mol. The van der Waals surface area contributed by atoms with Gasteiger partial charge in [-0.15, -0.1) is 0 Å². The summed E-state index contributed by atoms with van der Waals surface area (Å²) in [6, 6.07) is 5.43. The van der Waals surface area contributed by atoms with Crippen molar-refractivity contribution < 1.29 is 9.59 Å². The largest absolute Gasteiger partial charge is 0.377 e. The highest BCUT2D eigenvalue weighted by Crippen LogP contribution is 2.20. The molecule has 1 amide bonds. The van der Waals surface area contributed by atoms with Gasteiger partial charge >= 0.3 is 0 Å². The minimum atomic E-state index is -0.439. The molecule has 0 fully saturated rings. The number of anilines is 1. The minimum Gasteiger partial charge on any atom is -0.377 e. The van der Waals surface area contributed by atoms with Crippen molar-refractivity contribution in [1.29, 1.82) is 0 Å². The number of primary amides is 1. The average Bonchev–Trinajstić information content (AvgIpc) is 2.25. The maximum Gasteiger partial charge on any atom is 0.250 e. The smallest absolute Gasteiger partial charge is 0.250 e. The molecule has 0 spiro atoms. The third-order valence-corrected chi connectivity index (χ3v) is 2.36. The SMILES string of the molecule is CN(C)c1cc(CCC=O)ccc1C(N)=O. The third-order valence-electron chi connectivity index (χ3n) is 2.36. The van der Waals surface area contributed by atoms with E-state index >= 15 is 0 Å². The van der Waals surface area contributed by atoms with Crippen LogP contribution in [-0.4, -0.2) is 26.3 Å². The Morgan fingerprint density at radius 3 is 2.62 bits per heavy atom. The van der Waals surface area contributed by atoms with E-state index in [1.165, 1.54) is 0 Å². The fourth-order valence-corrected chi connectivity index (χ4v) is 1.54. The first-order valence-corrected chi connectivity index (χ1v) is 5.10. The molecule has 0 aromatic heterocycles. The summed E-state index contributed by atoms with van der Waals surface area (Å²) in [5.74, 6) is -0.439. The van der Waals surface area contributed by atoms with Crippen molar-refractivity contribution in [3.8, 4) is 0 Å². The molecular formula is C12H16N2O2. The second-order valence-electron chi connectivity index (χ2n) is 3.82. The van der Waals surface area contributed by atoms with Gasteiger partial charge in [0.05, 0.1) is 5.56 Å². The maximum absolute atomic E-state index is 11.2. The zero-order valence-electron chi connectivity index (χ0n) is 9.56. The van der Waals surface area contributed by atoms with Gasteiger partial charge in [-0.25, -0.2) is 0 Å². The molecule has 0 unspecified atom stereocenters. The quantitative estimate of drug-likeness (QED) is 0.752. The molecule has 0 saturated carbocycles. The van der Waals surface area contributed by atoms with Gasteiger partial charge in [0.2, 0.25) is 0 Å². The molecule has 86 valence electrons. The monoisotopic (exact) mass is 220 g/mol. The van der Waals surface area contributed by atoms with E-state index in [1.807, 2.05) is 31.1 Å². The van der Waals surface area contributed by atoms with Gasteiger partial charge in [0.15, 0.2) is 0 Å². The van der Waals surface area contributed by atoms with Crippen LogP contribution >= 0.6 is 0 Å². The van der Waals surface area contributed by atoms with Crippen LogP contribution in [0.15, 0.2) is 18.2 Å². The standard InChI is InChI=1S/C12H16N2O2/c1-14(2)11-8-9(4-3-7-15)5-6-10(11)12(13)16/h5-8H,3-4H2,1-2H3,(H2,13,16). The van der Waals surface area contributed by atoms with E-state index in [0.717, 1.165) is 17.5 Å². The summed E-state index contributed by atoms with van der Waals surface area (Å²) in [6.07, 6.45) is 2.06. The highest BCUT2D eigenvalue weighted by molar-refractivity contribution is 5.98. The Kier molecular flexibility index (Phi) is 4.05. The zero-order valence-corrected chi connectivity index (χ0v) is 9.56. The molecule has 0 heterocycles. The summed E-state index contributed by atoms with van der Waals surface area (Å²) < 4.78 is 0. The number of nitrogens with two attached hydrogens (primary N) is 1. The van der Waals surface area contributed by atoms with E-state index < -0.39 is 5.91 Å². The Bertz CT molecular complexity index is 400. The van der Waals surface area contributed by atoms with Crippen molar-refractivity contribution >= 4 is 17.9 Å². The van der Waals surface area contributed by atoms with Gasteiger partial charge < -0.3 is 15.4 Å². The first-order valence-electron chi connectivity index (χ1n) is 5.10. The summed E-state index contributed by atoms with van der Waals surface area (Å²) in [4.78, 5) is 23.3. The van der Waals surface area contributed by atoms with Crippen LogP contribution < -0.4 is 10.6 Å². The van der Waals surface area contributed by atoms with Gasteiger partial charge in [0.25, 0.3) is 5.91 Å². The number of carbonyl (C=O) groups is 2. The number of aldehydes is 1. The molecule has 16 heavy (non-hydrogen) atoms. The van der Waals surface area contributed by atoms with Gasteiger partial charge in [-0.3, -0.25) is 4.79 Å². The first-order chi connectivity index (χ1) is 7.56. The van der Waals surface area contributed by atoms with E-state index in [4.69, 9.17) is 5.73 Å². The number of hydrogen-bond acceptors (Lipinski definition) is 3. The molecular weight excluding hydrogens is 204 g/mol. The molecule has 0 bridgehead atoms. The van der Waals surface area contributed by atoms with Crippen LogP contribution in [0.4, 0.5) is 5.69 Å². The Morgan fingerprint density at radius 2 is 2.12 bits per heavy atom. The molecule has 2 N–H and O–H groups in total. The molecule has 0 aliphatic carbocycles. The minimum absolute atomic E-state index is 0.439. The summed E-state index contributed by atoms with van der Waals surface area (Å²) in [6.45, 7) is 0. The average molecular weight is 220 g/mol. The lowest BCUT2D eigenvalue weighted by molar-refractivity contribution is -0.107. The van der Waals surface area contributed by atoms with Crippen LogP contribution in [0.25, 0.3) is 0 Å². The summed E-state index contributed by atoms with van der Waals surface area (Å²) in [5.41, 5.74) is 7.60. The second-order valence-corrected chi connectivity index (χ2v) is 3.82. The van der Waals surface area contributed by atoms with Crippen molar-refractivity contribution in [2.45, 2.75) is 12.8 Å². The Labute approximate surface area is 95.0 Å². The number of aryl methyl sites for hydroxylation is 1. The van der Waals surface area contributed by atoms with Gasteiger partial charge in [-0.05, 0) is 24.1 Å². The normalized spacial score (nSPS) is 9.88. The summed E-state index contributed by atoms with van der Waals surface area (Å²) in [7, 11) is 3.70. The number of hydrogen-bond donors (Lipinski definition) is 1. The first kappa shape index (κ1) is 12.2. The lowest BCUT2D eigenvalue weighted by atomic mass is 10.0. The third kappa shape index (κ3) is 2.82. The summed E-state index contributed by atoms with van der Waals surface area (Å²) in [5, 5.41) is 0. The van der Waals surface area contributed by atoms with Crippen molar-refractivity contribution in [2.24, 2.45) is 5.73 Å². The van der Waals surface area contributed by atoms with Crippen LogP contribution in [0.1, 0.15) is 22.3 Å². The molecule has 0 aliphatic heterocycles. The van der Waals surface area contributed by atoms with Crippen LogP contribution in [0.2, 0.25) is 0 Å². The van der Waals surface area contributed by atoms with Crippen molar-refractivity contribution in [3.05, 3.63) is 29.3 Å². The van der Waals surface area contributed by atoms with Crippen molar-refractivity contribution in [1.82, 2.24) is 0 Å². The maximum atomic E-state index is 11.2. The highest BCUT2D eigenvalue weighted by Gasteiger charge is 2.10. The lowest BCUT2D eigenvalue weighted by Crippen LogP contribution is -2.18. The number of rotatable bonds is 5. The van der Waals surface area contributed by atoms with E-state index in [-0.39, 0.29) is 0 Å².